The lowest BCUT2D eigenvalue weighted by Crippen LogP contribution is -2.13. The van der Waals surface area contributed by atoms with Crippen LogP contribution >= 0.6 is 0 Å². The van der Waals surface area contributed by atoms with E-state index in [-0.39, 0.29) is 5.78 Å². The Morgan fingerprint density at radius 1 is 1.53 bits per heavy atom. The molecule has 0 saturated carbocycles. The highest BCUT2D eigenvalue weighted by atomic mass is 16.5. The van der Waals surface area contributed by atoms with Crippen molar-refractivity contribution in [2.75, 3.05) is 7.11 Å². The van der Waals surface area contributed by atoms with Gasteiger partial charge in [0.2, 0.25) is 5.78 Å². The molecule has 0 aromatic carbocycles. The molecule has 0 spiro atoms. The topological polar surface area (TPSA) is 69.9 Å². The molecular weight excluding hydrogens is 220 g/mol. The Hall–Kier alpha value is -2.24. The van der Waals surface area contributed by atoms with Crippen LogP contribution in [0.3, 0.4) is 0 Å². The van der Waals surface area contributed by atoms with Crippen molar-refractivity contribution in [2.45, 2.75) is 13.5 Å². The van der Waals surface area contributed by atoms with Gasteiger partial charge in [0.05, 0.1) is 13.3 Å². The molecule has 88 valence electrons. The fourth-order valence-electron chi connectivity index (χ4n) is 1.53. The van der Waals surface area contributed by atoms with Gasteiger partial charge < -0.3 is 4.74 Å². The lowest BCUT2D eigenvalue weighted by atomic mass is 10.2. The molecule has 17 heavy (non-hydrogen) atoms. The lowest BCUT2D eigenvalue weighted by Gasteiger charge is -2.05. The zero-order valence-corrected chi connectivity index (χ0v) is 9.62. The standard InChI is InChI=1S/C11H12N4O2/c1-3-15-10(9(17-2)6-14-15)11(16)8-4-5-12-7-13-8/h4-7H,3H2,1-2H3. The van der Waals surface area contributed by atoms with Crippen LogP contribution in [-0.2, 0) is 6.54 Å². The number of hydrogen-bond donors (Lipinski definition) is 0. The number of rotatable bonds is 4. The van der Waals surface area contributed by atoms with Gasteiger partial charge in [0, 0.05) is 12.7 Å². The van der Waals surface area contributed by atoms with Crippen molar-refractivity contribution >= 4 is 5.78 Å². The third-order valence-corrected chi connectivity index (χ3v) is 2.36. The number of nitrogens with zero attached hydrogens (tertiary/aromatic N) is 4. The van der Waals surface area contributed by atoms with Gasteiger partial charge in [-0.1, -0.05) is 0 Å². The van der Waals surface area contributed by atoms with Gasteiger partial charge in [-0.3, -0.25) is 9.48 Å². The molecule has 0 unspecified atom stereocenters. The highest BCUT2D eigenvalue weighted by Gasteiger charge is 2.21. The van der Waals surface area contributed by atoms with E-state index in [0.717, 1.165) is 0 Å². The Labute approximate surface area is 98.3 Å². The summed E-state index contributed by atoms with van der Waals surface area (Å²) < 4.78 is 6.71. The molecule has 0 N–H and O–H groups in total. The van der Waals surface area contributed by atoms with Crippen LogP contribution in [-0.4, -0.2) is 32.6 Å². The van der Waals surface area contributed by atoms with Crippen molar-refractivity contribution in [2.24, 2.45) is 0 Å². The molecule has 6 nitrogen and oxygen atoms in total. The van der Waals surface area contributed by atoms with Crippen molar-refractivity contribution in [3.8, 4) is 5.75 Å². The molecule has 2 aromatic heterocycles. The SMILES string of the molecule is CCn1ncc(OC)c1C(=O)c1ccncn1. The van der Waals surface area contributed by atoms with Gasteiger partial charge in [0.1, 0.15) is 12.0 Å². The monoisotopic (exact) mass is 232 g/mol. The second-order valence-corrected chi connectivity index (χ2v) is 3.30. The summed E-state index contributed by atoms with van der Waals surface area (Å²) in [5.74, 6) is 0.235. The molecule has 0 amide bonds. The van der Waals surface area contributed by atoms with Gasteiger partial charge >= 0.3 is 0 Å². The molecule has 0 atom stereocenters. The van der Waals surface area contributed by atoms with Gasteiger partial charge in [0.15, 0.2) is 11.4 Å². The lowest BCUT2D eigenvalue weighted by molar-refractivity contribution is 0.102. The van der Waals surface area contributed by atoms with E-state index in [0.29, 0.717) is 23.7 Å². The van der Waals surface area contributed by atoms with E-state index in [1.807, 2.05) is 6.92 Å². The Bertz CT molecular complexity index is 500. The van der Waals surface area contributed by atoms with Crippen LogP contribution in [0.5, 0.6) is 5.75 Å². The molecule has 0 saturated heterocycles. The van der Waals surface area contributed by atoms with E-state index in [9.17, 15) is 4.79 Å². The molecule has 2 aromatic rings. The molecule has 0 aliphatic carbocycles. The molecule has 2 heterocycles. The first-order valence-corrected chi connectivity index (χ1v) is 5.18. The smallest absolute Gasteiger partial charge is 0.233 e. The number of ether oxygens (including phenoxy) is 1. The summed E-state index contributed by atoms with van der Waals surface area (Å²) in [5.41, 5.74) is 0.738. The second kappa shape index (κ2) is 4.73. The molecule has 0 fully saturated rings. The summed E-state index contributed by atoms with van der Waals surface area (Å²) in [6.45, 7) is 2.50. The number of carbonyl (C=O) groups excluding carboxylic acids is 1. The Balaban J connectivity index is 2.46. The summed E-state index contributed by atoms with van der Waals surface area (Å²) in [4.78, 5) is 19.9. The molecule has 0 aliphatic heterocycles. The van der Waals surface area contributed by atoms with Gasteiger partial charge in [-0.2, -0.15) is 5.10 Å². The first kappa shape index (κ1) is 11.3. The van der Waals surface area contributed by atoms with E-state index in [1.165, 1.54) is 25.8 Å². The Morgan fingerprint density at radius 3 is 2.94 bits per heavy atom. The third kappa shape index (κ3) is 2.01. The maximum atomic E-state index is 12.2. The molecule has 0 radical (unpaired) electrons. The van der Waals surface area contributed by atoms with Crippen molar-refractivity contribution in [3.63, 3.8) is 0 Å². The fraction of sp³-hybridized carbons (Fsp3) is 0.273. The van der Waals surface area contributed by atoms with Crippen LogP contribution in [0.4, 0.5) is 0 Å². The van der Waals surface area contributed by atoms with Crippen LogP contribution in [0.1, 0.15) is 23.1 Å². The molecule has 0 bridgehead atoms. The maximum Gasteiger partial charge on any atom is 0.233 e. The van der Waals surface area contributed by atoms with Crippen molar-refractivity contribution in [3.05, 3.63) is 36.2 Å². The number of ketones is 1. The summed E-state index contributed by atoms with van der Waals surface area (Å²) in [6, 6.07) is 1.56. The van der Waals surface area contributed by atoms with Crippen LogP contribution in [0, 0.1) is 0 Å². The van der Waals surface area contributed by atoms with Gasteiger partial charge in [0.25, 0.3) is 0 Å². The first-order chi connectivity index (χ1) is 8.27. The van der Waals surface area contributed by atoms with Crippen LogP contribution in [0.25, 0.3) is 0 Å². The predicted octanol–water partition coefficient (Wildman–Crippen LogP) is 0.933. The number of carbonyl (C=O) groups is 1. The molecular formula is C11H12N4O2. The average Bonchev–Trinajstić information content (AvgIpc) is 2.81. The Kier molecular flexibility index (Phi) is 3.13. The van der Waals surface area contributed by atoms with E-state index >= 15 is 0 Å². The zero-order valence-electron chi connectivity index (χ0n) is 9.62. The number of aromatic nitrogens is 4. The number of hydrogen-bond acceptors (Lipinski definition) is 5. The first-order valence-electron chi connectivity index (χ1n) is 5.18. The predicted molar refractivity (Wildman–Crippen MR) is 59.9 cm³/mol. The van der Waals surface area contributed by atoms with Gasteiger partial charge in [-0.25, -0.2) is 9.97 Å². The van der Waals surface area contributed by atoms with E-state index in [2.05, 4.69) is 15.1 Å². The molecule has 2 rings (SSSR count). The normalized spacial score (nSPS) is 10.2. The van der Waals surface area contributed by atoms with Crippen LogP contribution < -0.4 is 4.74 Å². The van der Waals surface area contributed by atoms with Crippen LogP contribution in [0.15, 0.2) is 24.8 Å². The quantitative estimate of drug-likeness (QED) is 0.733. The van der Waals surface area contributed by atoms with Crippen molar-refractivity contribution in [1.82, 2.24) is 19.7 Å². The summed E-state index contributed by atoms with van der Waals surface area (Å²) in [7, 11) is 1.51. The van der Waals surface area contributed by atoms with Crippen molar-refractivity contribution in [1.29, 1.82) is 0 Å². The highest BCUT2D eigenvalue weighted by Crippen LogP contribution is 2.20. The minimum absolute atomic E-state index is 0.219. The van der Waals surface area contributed by atoms with E-state index in [1.54, 1.807) is 10.7 Å². The summed E-state index contributed by atoms with van der Waals surface area (Å²) >= 11 is 0. The Morgan fingerprint density at radius 2 is 2.35 bits per heavy atom. The number of aryl methyl sites for hydroxylation is 1. The van der Waals surface area contributed by atoms with E-state index < -0.39 is 0 Å². The second-order valence-electron chi connectivity index (χ2n) is 3.30. The third-order valence-electron chi connectivity index (χ3n) is 2.36. The minimum Gasteiger partial charge on any atom is -0.493 e. The van der Waals surface area contributed by atoms with Gasteiger partial charge in [-0.15, -0.1) is 0 Å². The fourth-order valence-corrected chi connectivity index (χ4v) is 1.53. The van der Waals surface area contributed by atoms with E-state index in [4.69, 9.17) is 4.74 Å². The largest absolute Gasteiger partial charge is 0.493 e. The van der Waals surface area contributed by atoms with Gasteiger partial charge in [-0.05, 0) is 13.0 Å². The van der Waals surface area contributed by atoms with Crippen molar-refractivity contribution < 1.29 is 9.53 Å². The maximum absolute atomic E-state index is 12.2. The average molecular weight is 232 g/mol. The minimum atomic E-state index is -0.219. The zero-order chi connectivity index (χ0) is 12.3. The number of methoxy groups -OCH3 is 1. The molecule has 6 heteroatoms. The van der Waals surface area contributed by atoms with Crippen LogP contribution in [0.2, 0.25) is 0 Å². The summed E-state index contributed by atoms with van der Waals surface area (Å²) in [5, 5.41) is 4.08. The highest BCUT2D eigenvalue weighted by molar-refractivity contribution is 6.08. The molecule has 0 aliphatic rings. The summed E-state index contributed by atoms with van der Waals surface area (Å²) in [6.07, 6.45) is 4.39.